The van der Waals surface area contributed by atoms with Crippen molar-refractivity contribution in [1.82, 2.24) is 0 Å². The molecule has 8 heteroatoms. The maximum Gasteiger partial charge on any atom is 0.264 e. The van der Waals surface area contributed by atoms with Crippen LogP contribution in [0.5, 0.6) is 5.75 Å². The van der Waals surface area contributed by atoms with Gasteiger partial charge in [0.25, 0.3) is 10.0 Å². The van der Waals surface area contributed by atoms with Gasteiger partial charge in [0.2, 0.25) is 0 Å². The first-order valence-electron chi connectivity index (χ1n) is 8.17. The fourth-order valence-corrected chi connectivity index (χ4v) is 4.51. The number of nitrogens with zero attached hydrogens (tertiary/aromatic N) is 1. The Bertz CT molecular complexity index is 1070. The molecule has 0 aliphatic carbocycles. The number of hydrogen-bond donors (Lipinski definition) is 0. The number of halogens is 3. The van der Waals surface area contributed by atoms with E-state index in [9.17, 15) is 12.8 Å². The number of benzene rings is 3. The lowest BCUT2D eigenvalue weighted by molar-refractivity contribution is 0.414. The van der Waals surface area contributed by atoms with Gasteiger partial charge >= 0.3 is 0 Å². The van der Waals surface area contributed by atoms with Gasteiger partial charge in [-0.25, -0.2) is 12.8 Å². The quantitative estimate of drug-likeness (QED) is 0.506. The van der Waals surface area contributed by atoms with E-state index in [1.165, 1.54) is 47.8 Å². The Hall–Kier alpha value is -2.28. The molecule has 146 valence electrons. The molecule has 0 spiro atoms. The van der Waals surface area contributed by atoms with Gasteiger partial charge in [-0.1, -0.05) is 29.3 Å². The molecule has 0 aliphatic rings. The molecule has 0 bridgehead atoms. The fourth-order valence-electron chi connectivity index (χ4n) is 2.60. The molecule has 0 radical (unpaired) electrons. The summed E-state index contributed by atoms with van der Waals surface area (Å²) in [6, 6.07) is 16.1. The van der Waals surface area contributed by atoms with Crippen LogP contribution < -0.4 is 9.04 Å². The van der Waals surface area contributed by atoms with Crippen molar-refractivity contribution < 1.29 is 17.5 Å². The van der Waals surface area contributed by atoms with Crippen LogP contribution in [0.2, 0.25) is 10.0 Å². The van der Waals surface area contributed by atoms with Gasteiger partial charge < -0.3 is 4.74 Å². The molecule has 0 amide bonds. The highest BCUT2D eigenvalue weighted by atomic mass is 35.5. The van der Waals surface area contributed by atoms with E-state index in [1.54, 1.807) is 30.3 Å². The summed E-state index contributed by atoms with van der Waals surface area (Å²) in [4.78, 5) is 0.0720. The minimum Gasteiger partial charge on any atom is -0.497 e. The molecule has 4 nitrogen and oxygen atoms in total. The molecule has 0 saturated heterocycles. The largest absolute Gasteiger partial charge is 0.497 e. The van der Waals surface area contributed by atoms with E-state index in [4.69, 9.17) is 27.9 Å². The van der Waals surface area contributed by atoms with Crippen molar-refractivity contribution in [2.75, 3.05) is 11.4 Å². The lowest BCUT2D eigenvalue weighted by Crippen LogP contribution is -2.30. The molecule has 0 aromatic heterocycles. The van der Waals surface area contributed by atoms with Crippen molar-refractivity contribution in [1.29, 1.82) is 0 Å². The number of sulfonamides is 1. The van der Waals surface area contributed by atoms with Gasteiger partial charge in [-0.05, 0) is 66.2 Å². The summed E-state index contributed by atoms with van der Waals surface area (Å²) < 4.78 is 46.3. The minimum absolute atomic E-state index is 0.0456. The number of ether oxygens (including phenoxy) is 1. The molecule has 0 N–H and O–H groups in total. The molecule has 0 heterocycles. The van der Waals surface area contributed by atoms with Gasteiger partial charge in [0.1, 0.15) is 11.6 Å². The summed E-state index contributed by atoms with van der Waals surface area (Å²) in [5.41, 5.74) is 0.871. The summed E-state index contributed by atoms with van der Waals surface area (Å²) in [6.45, 7) is -0.0456. The molecular formula is C20H16Cl2FNO3S. The second-order valence-electron chi connectivity index (χ2n) is 5.90. The number of hydrogen-bond acceptors (Lipinski definition) is 3. The van der Waals surface area contributed by atoms with E-state index in [2.05, 4.69) is 0 Å². The van der Waals surface area contributed by atoms with E-state index in [1.807, 2.05) is 0 Å². The molecule has 0 saturated carbocycles. The second-order valence-corrected chi connectivity index (χ2v) is 8.61. The van der Waals surface area contributed by atoms with Crippen molar-refractivity contribution in [3.8, 4) is 5.75 Å². The van der Waals surface area contributed by atoms with Crippen LogP contribution in [0.1, 0.15) is 5.56 Å². The highest BCUT2D eigenvalue weighted by Crippen LogP contribution is 2.30. The van der Waals surface area contributed by atoms with Crippen LogP contribution in [0.4, 0.5) is 10.1 Å². The van der Waals surface area contributed by atoms with Crippen LogP contribution in [0.15, 0.2) is 71.6 Å². The number of rotatable bonds is 6. The average Bonchev–Trinajstić information content (AvgIpc) is 2.68. The Morgan fingerprint density at radius 2 is 1.61 bits per heavy atom. The highest BCUT2D eigenvalue weighted by Gasteiger charge is 2.26. The van der Waals surface area contributed by atoms with E-state index < -0.39 is 15.8 Å². The lowest BCUT2D eigenvalue weighted by atomic mass is 10.2. The lowest BCUT2D eigenvalue weighted by Gasteiger charge is -2.25. The first kappa shape index (κ1) is 20.5. The summed E-state index contributed by atoms with van der Waals surface area (Å²) in [5, 5.41) is 0.782. The molecule has 0 atom stereocenters. The van der Waals surface area contributed by atoms with E-state index in [0.717, 1.165) is 0 Å². The van der Waals surface area contributed by atoms with Gasteiger partial charge in [0.05, 0.1) is 24.2 Å². The van der Waals surface area contributed by atoms with Crippen LogP contribution in [-0.2, 0) is 16.6 Å². The number of methoxy groups -OCH3 is 1. The summed E-state index contributed by atoms with van der Waals surface area (Å²) in [5.74, 6) is 0.0723. The molecule has 28 heavy (non-hydrogen) atoms. The van der Waals surface area contributed by atoms with Crippen LogP contribution in [0.3, 0.4) is 0 Å². The van der Waals surface area contributed by atoms with Gasteiger partial charge in [0, 0.05) is 10.0 Å². The minimum atomic E-state index is -3.95. The first-order chi connectivity index (χ1) is 13.3. The van der Waals surface area contributed by atoms with Crippen molar-refractivity contribution in [2.45, 2.75) is 11.4 Å². The zero-order valence-electron chi connectivity index (χ0n) is 14.8. The standard InChI is InChI=1S/C20H16Cl2FNO3S/c1-27-18-8-10-19(11-9-18)28(25,26)24(17-6-4-16(23)5-7-17)13-14-2-3-15(21)12-20(14)22/h2-12H,13H2,1H3. The second kappa shape index (κ2) is 8.39. The normalized spacial score (nSPS) is 11.3. The Morgan fingerprint density at radius 1 is 0.964 bits per heavy atom. The topological polar surface area (TPSA) is 46.6 Å². The van der Waals surface area contributed by atoms with Crippen molar-refractivity contribution in [3.05, 3.63) is 88.2 Å². The summed E-state index contributed by atoms with van der Waals surface area (Å²) in [6.07, 6.45) is 0. The summed E-state index contributed by atoms with van der Waals surface area (Å²) >= 11 is 12.2. The fraction of sp³-hybridized carbons (Fsp3) is 0.100. The Morgan fingerprint density at radius 3 is 2.18 bits per heavy atom. The molecular weight excluding hydrogens is 424 g/mol. The van der Waals surface area contributed by atoms with Crippen LogP contribution in [-0.4, -0.2) is 15.5 Å². The van der Waals surface area contributed by atoms with Crippen molar-refractivity contribution in [2.24, 2.45) is 0 Å². The summed E-state index contributed by atoms with van der Waals surface area (Å²) in [7, 11) is -2.46. The Kier molecular flexibility index (Phi) is 6.13. The van der Waals surface area contributed by atoms with Crippen LogP contribution in [0.25, 0.3) is 0 Å². The van der Waals surface area contributed by atoms with Gasteiger partial charge in [-0.3, -0.25) is 4.31 Å². The van der Waals surface area contributed by atoms with Crippen molar-refractivity contribution >= 4 is 38.9 Å². The van der Waals surface area contributed by atoms with Crippen molar-refractivity contribution in [3.63, 3.8) is 0 Å². The van der Waals surface area contributed by atoms with E-state index in [-0.39, 0.29) is 11.4 Å². The maximum absolute atomic E-state index is 13.4. The highest BCUT2D eigenvalue weighted by molar-refractivity contribution is 7.92. The Labute approximate surface area is 173 Å². The Balaban J connectivity index is 2.07. The predicted octanol–water partition coefficient (Wildman–Crippen LogP) is 5.54. The molecule has 3 aromatic carbocycles. The molecule has 0 fully saturated rings. The molecule has 0 unspecified atom stereocenters. The monoisotopic (exact) mass is 439 g/mol. The third-order valence-corrected chi connectivity index (χ3v) is 6.47. The molecule has 0 aliphatic heterocycles. The first-order valence-corrected chi connectivity index (χ1v) is 10.4. The molecule has 3 rings (SSSR count). The zero-order chi connectivity index (χ0) is 20.3. The third kappa shape index (κ3) is 4.41. The van der Waals surface area contributed by atoms with E-state index >= 15 is 0 Å². The van der Waals surface area contributed by atoms with Gasteiger partial charge in [0.15, 0.2) is 0 Å². The van der Waals surface area contributed by atoms with Gasteiger partial charge in [-0.15, -0.1) is 0 Å². The smallest absolute Gasteiger partial charge is 0.264 e. The predicted molar refractivity (Wildman–Crippen MR) is 109 cm³/mol. The van der Waals surface area contributed by atoms with E-state index in [0.29, 0.717) is 27.0 Å². The van der Waals surface area contributed by atoms with Crippen LogP contribution >= 0.6 is 23.2 Å². The average molecular weight is 440 g/mol. The maximum atomic E-state index is 13.4. The third-order valence-electron chi connectivity index (χ3n) is 4.09. The van der Waals surface area contributed by atoms with Crippen LogP contribution in [0, 0.1) is 5.82 Å². The molecule has 3 aromatic rings. The number of anilines is 1. The van der Waals surface area contributed by atoms with Gasteiger partial charge in [-0.2, -0.15) is 0 Å². The zero-order valence-corrected chi connectivity index (χ0v) is 17.1. The SMILES string of the molecule is COc1ccc(S(=O)(=O)N(Cc2ccc(Cl)cc2Cl)c2ccc(F)cc2)cc1.